The molecule has 2 rings (SSSR count). The Hall–Kier alpha value is -0.610. The fourth-order valence-electron chi connectivity index (χ4n) is 2.63. The molecular formula is C12H22N2O2. The number of amides is 1. The Bertz CT molecular complexity index is 227. The lowest BCUT2D eigenvalue weighted by Crippen LogP contribution is -2.41. The maximum atomic E-state index is 11.5. The quantitative estimate of drug-likeness (QED) is 0.718. The molecule has 1 heterocycles. The number of nitrogens with one attached hydrogen (secondary N) is 1. The van der Waals surface area contributed by atoms with Gasteiger partial charge in [-0.25, -0.2) is 0 Å². The summed E-state index contributed by atoms with van der Waals surface area (Å²) in [7, 11) is 0. The first-order chi connectivity index (χ1) is 7.86. The first-order valence-electron chi connectivity index (χ1n) is 6.45. The van der Waals surface area contributed by atoms with E-state index in [0.29, 0.717) is 25.6 Å². The minimum atomic E-state index is 0.161. The molecule has 0 aromatic rings. The highest BCUT2D eigenvalue weighted by Gasteiger charge is 2.22. The summed E-state index contributed by atoms with van der Waals surface area (Å²) in [5, 5.41) is 2.87. The van der Waals surface area contributed by atoms with Crippen LogP contribution in [-0.2, 0) is 9.53 Å². The van der Waals surface area contributed by atoms with E-state index in [9.17, 15) is 4.79 Å². The molecule has 1 amide bonds. The van der Waals surface area contributed by atoms with Crippen LogP contribution >= 0.6 is 0 Å². The van der Waals surface area contributed by atoms with Crippen LogP contribution in [0, 0.1) is 0 Å². The topological polar surface area (TPSA) is 41.6 Å². The Balaban J connectivity index is 1.85. The number of rotatable bonds is 1. The number of carbonyl (C=O) groups excluding carboxylic acids is 1. The lowest BCUT2D eigenvalue weighted by Gasteiger charge is -2.29. The second-order valence-corrected chi connectivity index (χ2v) is 4.69. The average molecular weight is 226 g/mol. The molecule has 1 aliphatic heterocycles. The van der Waals surface area contributed by atoms with E-state index in [2.05, 4.69) is 10.2 Å². The van der Waals surface area contributed by atoms with Gasteiger partial charge in [0, 0.05) is 32.1 Å². The fraction of sp³-hybridized carbons (Fsp3) is 0.917. The van der Waals surface area contributed by atoms with Gasteiger partial charge in [-0.05, 0) is 12.8 Å². The number of carbonyl (C=O) groups is 1. The van der Waals surface area contributed by atoms with Gasteiger partial charge in [0.15, 0.2) is 0 Å². The van der Waals surface area contributed by atoms with Crippen LogP contribution < -0.4 is 5.32 Å². The molecule has 1 aliphatic carbocycles. The summed E-state index contributed by atoms with van der Waals surface area (Å²) in [5.41, 5.74) is 0. The molecule has 0 unspecified atom stereocenters. The minimum absolute atomic E-state index is 0.161. The van der Waals surface area contributed by atoms with Crippen molar-refractivity contribution in [3.63, 3.8) is 0 Å². The Morgan fingerprint density at radius 3 is 2.81 bits per heavy atom. The molecule has 0 aromatic heterocycles. The summed E-state index contributed by atoms with van der Waals surface area (Å²) >= 11 is 0. The van der Waals surface area contributed by atoms with E-state index >= 15 is 0 Å². The molecule has 2 fully saturated rings. The SMILES string of the molecule is O=C1CCN(C2CCCC2)CCOCCN1. The zero-order valence-corrected chi connectivity index (χ0v) is 9.91. The third-order valence-corrected chi connectivity index (χ3v) is 3.56. The summed E-state index contributed by atoms with van der Waals surface area (Å²) in [6.07, 6.45) is 5.90. The first-order valence-corrected chi connectivity index (χ1v) is 6.45. The highest BCUT2D eigenvalue weighted by molar-refractivity contribution is 5.76. The highest BCUT2D eigenvalue weighted by atomic mass is 16.5. The summed E-state index contributed by atoms with van der Waals surface area (Å²) in [5.74, 6) is 0.161. The standard InChI is InChI=1S/C12H22N2O2/c15-12-5-7-14(11-3-1-2-4-11)8-10-16-9-6-13-12/h11H,1-10H2,(H,13,15). The molecular weight excluding hydrogens is 204 g/mol. The van der Waals surface area contributed by atoms with Crippen LogP contribution in [0.1, 0.15) is 32.1 Å². The number of hydrogen-bond acceptors (Lipinski definition) is 3. The summed E-state index contributed by atoms with van der Waals surface area (Å²) < 4.78 is 5.49. The van der Waals surface area contributed by atoms with Crippen molar-refractivity contribution in [2.45, 2.75) is 38.1 Å². The molecule has 2 aliphatic rings. The average Bonchev–Trinajstić information content (AvgIpc) is 2.81. The van der Waals surface area contributed by atoms with Gasteiger partial charge >= 0.3 is 0 Å². The molecule has 0 bridgehead atoms. The second kappa shape index (κ2) is 6.21. The van der Waals surface area contributed by atoms with Crippen molar-refractivity contribution in [1.82, 2.24) is 10.2 Å². The van der Waals surface area contributed by atoms with Gasteiger partial charge in [0.25, 0.3) is 0 Å². The van der Waals surface area contributed by atoms with Crippen LogP contribution in [0.2, 0.25) is 0 Å². The van der Waals surface area contributed by atoms with E-state index in [1.807, 2.05) is 0 Å². The molecule has 4 nitrogen and oxygen atoms in total. The van der Waals surface area contributed by atoms with Crippen molar-refractivity contribution in [1.29, 1.82) is 0 Å². The lowest BCUT2D eigenvalue weighted by molar-refractivity contribution is -0.122. The van der Waals surface area contributed by atoms with Gasteiger partial charge < -0.3 is 10.1 Å². The first kappa shape index (κ1) is 11.9. The van der Waals surface area contributed by atoms with Gasteiger partial charge in [0.1, 0.15) is 0 Å². The fourth-order valence-corrected chi connectivity index (χ4v) is 2.63. The van der Waals surface area contributed by atoms with Crippen molar-refractivity contribution in [2.24, 2.45) is 0 Å². The second-order valence-electron chi connectivity index (χ2n) is 4.69. The van der Waals surface area contributed by atoms with E-state index in [-0.39, 0.29) is 5.91 Å². The van der Waals surface area contributed by atoms with E-state index in [4.69, 9.17) is 4.74 Å². The molecule has 0 radical (unpaired) electrons. The highest BCUT2D eigenvalue weighted by Crippen LogP contribution is 2.23. The monoisotopic (exact) mass is 226 g/mol. The number of ether oxygens (including phenoxy) is 1. The molecule has 0 atom stereocenters. The predicted octanol–water partition coefficient (Wildman–Crippen LogP) is 0.767. The van der Waals surface area contributed by atoms with E-state index in [1.54, 1.807) is 0 Å². The summed E-state index contributed by atoms with van der Waals surface area (Å²) in [6, 6.07) is 0.691. The van der Waals surface area contributed by atoms with E-state index < -0.39 is 0 Å². The van der Waals surface area contributed by atoms with Crippen molar-refractivity contribution in [2.75, 3.05) is 32.8 Å². The Labute approximate surface area is 97.3 Å². The maximum absolute atomic E-state index is 11.5. The zero-order valence-electron chi connectivity index (χ0n) is 9.91. The van der Waals surface area contributed by atoms with Crippen molar-refractivity contribution in [3.05, 3.63) is 0 Å². The van der Waals surface area contributed by atoms with Crippen molar-refractivity contribution >= 4 is 5.91 Å². The summed E-state index contributed by atoms with van der Waals surface area (Å²) in [6.45, 7) is 3.97. The number of hydrogen-bond donors (Lipinski definition) is 1. The lowest BCUT2D eigenvalue weighted by atomic mass is 10.2. The van der Waals surface area contributed by atoms with Crippen LogP contribution in [-0.4, -0.2) is 49.7 Å². The van der Waals surface area contributed by atoms with Gasteiger partial charge in [-0.1, -0.05) is 12.8 Å². The molecule has 4 heteroatoms. The van der Waals surface area contributed by atoms with Gasteiger partial charge in [0.2, 0.25) is 5.91 Å². The number of nitrogens with zero attached hydrogens (tertiary/aromatic N) is 1. The molecule has 0 spiro atoms. The van der Waals surface area contributed by atoms with Gasteiger partial charge in [-0.15, -0.1) is 0 Å². The molecule has 0 aromatic carbocycles. The summed E-state index contributed by atoms with van der Waals surface area (Å²) in [4.78, 5) is 13.9. The van der Waals surface area contributed by atoms with Crippen LogP contribution in [0.25, 0.3) is 0 Å². The Kier molecular flexibility index (Phi) is 4.60. The van der Waals surface area contributed by atoms with E-state index in [1.165, 1.54) is 25.7 Å². The van der Waals surface area contributed by atoms with Crippen LogP contribution in [0.4, 0.5) is 0 Å². The zero-order chi connectivity index (χ0) is 11.2. The van der Waals surface area contributed by atoms with Crippen LogP contribution in [0.3, 0.4) is 0 Å². The largest absolute Gasteiger partial charge is 0.378 e. The maximum Gasteiger partial charge on any atom is 0.221 e. The van der Waals surface area contributed by atoms with Gasteiger partial charge in [-0.3, -0.25) is 9.69 Å². The molecule has 92 valence electrons. The normalized spacial score (nSPS) is 26.6. The van der Waals surface area contributed by atoms with Crippen LogP contribution in [0.15, 0.2) is 0 Å². The van der Waals surface area contributed by atoms with Crippen LogP contribution in [0.5, 0.6) is 0 Å². The predicted molar refractivity (Wildman–Crippen MR) is 62.3 cm³/mol. The molecule has 1 saturated heterocycles. The molecule has 1 saturated carbocycles. The smallest absolute Gasteiger partial charge is 0.221 e. The Morgan fingerprint density at radius 2 is 2.00 bits per heavy atom. The third kappa shape index (κ3) is 3.46. The van der Waals surface area contributed by atoms with Crippen molar-refractivity contribution < 1.29 is 9.53 Å². The Morgan fingerprint density at radius 1 is 1.19 bits per heavy atom. The van der Waals surface area contributed by atoms with Gasteiger partial charge in [0.05, 0.1) is 13.2 Å². The third-order valence-electron chi connectivity index (χ3n) is 3.56. The van der Waals surface area contributed by atoms with Gasteiger partial charge in [-0.2, -0.15) is 0 Å². The van der Waals surface area contributed by atoms with E-state index in [0.717, 1.165) is 19.7 Å². The molecule has 16 heavy (non-hydrogen) atoms. The minimum Gasteiger partial charge on any atom is -0.378 e. The molecule has 1 N–H and O–H groups in total. The van der Waals surface area contributed by atoms with Crippen molar-refractivity contribution in [3.8, 4) is 0 Å².